The van der Waals surface area contributed by atoms with Crippen LogP contribution in [0.4, 0.5) is 0 Å². The third-order valence-electron chi connectivity index (χ3n) is 2.20. The van der Waals surface area contributed by atoms with Crippen molar-refractivity contribution >= 4 is 11.6 Å². The third kappa shape index (κ3) is 2.96. The van der Waals surface area contributed by atoms with Crippen LogP contribution < -0.4 is 4.74 Å². The average molecular weight is 260 g/mol. The van der Waals surface area contributed by atoms with E-state index in [0.717, 1.165) is 11.3 Å². The van der Waals surface area contributed by atoms with Crippen LogP contribution in [-0.4, -0.2) is 16.6 Å². The molecule has 0 fully saturated rings. The zero-order valence-electron chi connectivity index (χ0n) is 9.72. The van der Waals surface area contributed by atoms with E-state index in [9.17, 15) is 0 Å². The van der Waals surface area contributed by atoms with Crippen LogP contribution in [0.3, 0.4) is 0 Å². The number of aromatic nitrogens is 2. The summed E-state index contributed by atoms with van der Waals surface area (Å²) in [5, 5.41) is 9.11. The van der Waals surface area contributed by atoms with Gasteiger partial charge < -0.3 is 4.74 Å². The molecule has 0 aliphatic rings. The van der Waals surface area contributed by atoms with Crippen LogP contribution in [0.2, 0.25) is 5.02 Å². The van der Waals surface area contributed by atoms with E-state index in [1.807, 2.05) is 25.1 Å². The Morgan fingerprint density at radius 3 is 2.89 bits per heavy atom. The summed E-state index contributed by atoms with van der Waals surface area (Å²) in [5.41, 5.74) is 1.58. The van der Waals surface area contributed by atoms with Crippen molar-refractivity contribution in [2.75, 3.05) is 6.61 Å². The molecule has 0 unspecified atom stereocenters. The molecular weight excluding hydrogens is 250 g/mol. The van der Waals surface area contributed by atoms with E-state index in [4.69, 9.17) is 21.6 Å². The van der Waals surface area contributed by atoms with E-state index in [2.05, 4.69) is 9.97 Å². The van der Waals surface area contributed by atoms with Crippen LogP contribution in [0.15, 0.2) is 30.3 Å². The van der Waals surface area contributed by atoms with Crippen molar-refractivity contribution in [1.82, 2.24) is 9.97 Å². The monoisotopic (exact) mass is 259 g/mol. The lowest BCUT2D eigenvalue weighted by molar-refractivity contribution is 0.353. The van der Waals surface area contributed by atoms with Crippen LogP contribution in [-0.2, 0) is 0 Å². The molecule has 0 N–H and O–H groups in total. The van der Waals surface area contributed by atoms with Crippen LogP contribution in [0.25, 0.3) is 11.4 Å². The van der Waals surface area contributed by atoms with Gasteiger partial charge >= 0.3 is 0 Å². The molecule has 5 heteroatoms. The molecule has 1 heterocycles. The molecule has 0 saturated heterocycles. The molecule has 1 aromatic carbocycles. The minimum Gasteiger partial charge on any atom is -0.462 e. The molecule has 0 amide bonds. The highest BCUT2D eigenvalue weighted by Crippen LogP contribution is 2.21. The number of nitrogens with zero attached hydrogens (tertiary/aromatic N) is 3. The van der Waals surface area contributed by atoms with E-state index in [-0.39, 0.29) is 6.61 Å². The van der Waals surface area contributed by atoms with Gasteiger partial charge in [-0.1, -0.05) is 23.7 Å². The Labute approximate surface area is 110 Å². The number of nitriles is 1. The number of rotatable bonds is 3. The van der Waals surface area contributed by atoms with Gasteiger partial charge in [0.05, 0.1) is 0 Å². The molecule has 0 aliphatic heterocycles. The van der Waals surface area contributed by atoms with Crippen molar-refractivity contribution in [1.29, 1.82) is 5.26 Å². The van der Waals surface area contributed by atoms with Gasteiger partial charge in [0.1, 0.15) is 6.07 Å². The van der Waals surface area contributed by atoms with E-state index < -0.39 is 0 Å². The zero-order valence-corrected chi connectivity index (χ0v) is 10.5. The first-order valence-electron chi connectivity index (χ1n) is 5.30. The third-order valence-corrected chi connectivity index (χ3v) is 2.43. The lowest BCUT2D eigenvalue weighted by Crippen LogP contribution is -2.00. The maximum Gasteiger partial charge on any atom is 0.218 e. The SMILES string of the molecule is Cc1cc(OCC#N)nc(-c2cccc(Cl)c2)n1. The Kier molecular flexibility index (Phi) is 3.75. The van der Waals surface area contributed by atoms with Crippen molar-refractivity contribution < 1.29 is 4.74 Å². The van der Waals surface area contributed by atoms with Gasteiger partial charge in [0.2, 0.25) is 5.88 Å². The van der Waals surface area contributed by atoms with Crippen molar-refractivity contribution in [3.05, 3.63) is 41.0 Å². The van der Waals surface area contributed by atoms with Gasteiger partial charge in [0.25, 0.3) is 0 Å². The number of aryl methyl sites for hydroxylation is 1. The fourth-order valence-electron chi connectivity index (χ4n) is 1.48. The Morgan fingerprint density at radius 2 is 2.17 bits per heavy atom. The van der Waals surface area contributed by atoms with Crippen LogP contribution in [0.5, 0.6) is 5.88 Å². The minimum atomic E-state index is -0.0363. The molecule has 0 radical (unpaired) electrons. The smallest absolute Gasteiger partial charge is 0.218 e. The molecule has 0 bridgehead atoms. The molecule has 2 aromatic rings. The van der Waals surface area contributed by atoms with E-state index in [1.165, 1.54) is 0 Å². The normalized spacial score (nSPS) is 9.83. The first kappa shape index (κ1) is 12.3. The molecule has 4 nitrogen and oxygen atoms in total. The molecule has 0 spiro atoms. The van der Waals surface area contributed by atoms with Crippen molar-refractivity contribution in [3.63, 3.8) is 0 Å². The number of hydrogen-bond donors (Lipinski definition) is 0. The second-order valence-electron chi connectivity index (χ2n) is 3.63. The molecule has 0 aliphatic carbocycles. The van der Waals surface area contributed by atoms with Gasteiger partial charge in [-0.3, -0.25) is 0 Å². The van der Waals surface area contributed by atoms with Crippen LogP contribution in [0, 0.1) is 18.3 Å². The minimum absolute atomic E-state index is 0.0363. The first-order valence-corrected chi connectivity index (χ1v) is 5.68. The number of benzene rings is 1. The Bertz CT molecular complexity index is 607. The fourth-order valence-corrected chi connectivity index (χ4v) is 1.67. The van der Waals surface area contributed by atoms with Crippen LogP contribution in [0.1, 0.15) is 5.69 Å². The maximum atomic E-state index is 8.48. The molecule has 2 rings (SSSR count). The second kappa shape index (κ2) is 5.48. The number of hydrogen-bond acceptors (Lipinski definition) is 4. The standard InChI is InChI=1S/C13H10ClN3O/c1-9-7-12(18-6-5-15)17-13(16-9)10-3-2-4-11(14)8-10/h2-4,7-8H,6H2,1H3. The van der Waals surface area contributed by atoms with E-state index >= 15 is 0 Å². The average Bonchev–Trinajstić information content (AvgIpc) is 2.36. The lowest BCUT2D eigenvalue weighted by atomic mass is 10.2. The predicted octanol–water partition coefficient (Wildman–Crippen LogP) is 3.01. The van der Waals surface area contributed by atoms with Gasteiger partial charge in [0, 0.05) is 22.3 Å². The lowest BCUT2D eigenvalue weighted by Gasteiger charge is -2.06. The van der Waals surface area contributed by atoms with E-state index in [1.54, 1.807) is 18.2 Å². The van der Waals surface area contributed by atoms with Gasteiger partial charge in [-0.25, -0.2) is 4.98 Å². The highest BCUT2D eigenvalue weighted by Gasteiger charge is 2.06. The number of ether oxygens (including phenoxy) is 1. The molecule has 0 atom stereocenters. The summed E-state index contributed by atoms with van der Waals surface area (Å²) < 4.78 is 5.18. The molecule has 0 saturated carbocycles. The zero-order chi connectivity index (χ0) is 13.0. The summed E-state index contributed by atoms with van der Waals surface area (Å²) in [5.74, 6) is 0.921. The van der Waals surface area contributed by atoms with Gasteiger partial charge in [-0.15, -0.1) is 0 Å². The second-order valence-corrected chi connectivity index (χ2v) is 4.06. The Morgan fingerprint density at radius 1 is 1.33 bits per heavy atom. The largest absolute Gasteiger partial charge is 0.462 e. The van der Waals surface area contributed by atoms with Crippen molar-refractivity contribution in [2.45, 2.75) is 6.92 Å². The highest BCUT2D eigenvalue weighted by atomic mass is 35.5. The predicted molar refractivity (Wildman–Crippen MR) is 68.3 cm³/mol. The van der Waals surface area contributed by atoms with Gasteiger partial charge in [-0.05, 0) is 19.1 Å². The topological polar surface area (TPSA) is 58.8 Å². The summed E-state index contributed by atoms with van der Waals surface area (Å²) in [7, 11) is 0. The van der Waals surface area contributed by atoms with Crippen molar-refractivity contribution in [2.24, 2.45) is 0 Å². The molecule has 1 aromatic heterocycles. The summed E-state index contributed by atoms with van der Waals surface area (Å²) in [4.78, 5) is 8.56. The summed E-state index contributed by atoms with van der Waals surface area (Å²) in [6, 6.07) is 10.9. The maximum absolute atomic E-state index is 8.48. The number of halogens is 1. The summed E-state index contributed by atoms with van der Waals surface area (Å²) in [6.07, 6.45) is 0. The van der Waals surface area contributed by atoms with Crippen molar-refractivity contribution in [3.8, 4) is 23.3 Å². The molecule has 18 heavy (non-hydrogen) atoms. The van der Waals surface area contributed by atoms with Gasteiger partial charge in [-0.2, -0.15) is 10.2 Å². The highest BCUT2D eigenvalue weighted by molar-refractivity contribution is 6.30. The first-order chi connectivity index (χ1) is 8.69. The molecule has 90 valence electrons. The van der Waals surface area contributed by atoms with Gasteiger partial charge in [0.15, 0.2) is 12.4 Å². The summed E-state index contributed by atoms with van der Waals surface area (Å²) >= 11 is 5.93. The Balaban J connectivity index is 2.39. The summed E-state index contributed by atoms with van der Waals surface area (Å²) in [6.45, 7) is 1.81. The Hall–Kier alpha value is -2.12. The molecular formula is C13H10ClN3O. The quantitative estimate of drug-likeness (QED) is 0.850. The van der Waals surface area contributed by atoms with E-state index in [0.29, 0.717) is 16.7 Å². The fraction of sp³-hybridized carbons (Fsp3) is 0.154. The van der Waals surface area contributed by atoms with Crippen LogP contribution >= 0.6 is 11.6 Å².